The zero-order chi connectivity index (χ0) is 13.8. The number of hydrogen-bond acceptors (Lipinski definition) is 2. The third kappa shape index (κ3) is 3.67. The highest BCUT2D eigenvalue weighted by Gasteiger charge is 2.08. The molecule has 0 saturated heterocycles. The second kappa shape index (κ2) is 6.35. The molecule has 0 aliphatic rings. The molecular formula is C15H13Br2NO. The Labute approximate surface area is 129 Å². The van der Waals surface area contributed by atoms with Crippen molar-refractivity contribution < 1.29 is 4.79 Å². The highest BCUT2D eigenvalue weighted by atomic mass is 79.9. The van der Waals surface area contributed by atoms with Gasteiger partial charge in [0.25, 0.3) is 0 Å². The molecule has 0 radical (unpaired) electrons. The van der Waals surface area contributed by atoms with Crippen LogP contribution < -0.4 is 4.90 Å². The van der Waals surface area contributed by atoms with Crippen LogP contribution in [0.15, 0.2) is 51.4 Å². The van der Waals surface area contributed by atoms with E-state index >= 15 is 0 Å². The van der Waals surface area contributed by atoms with E-state index in [1.165, 1.54) is 5.56 Å². The summed E-state index contributed by atoms with van der Waals surface area (Å²) in [5.74, 6) is 0. The lowest BCUT2D eigenvalue weighted by Gasteiger charge is -2.21. The molecule has 0 unspecified atom stereocenters. The highest BCUT2D eigenvalue weighted by Crippen LogP contribution is 2.24. The molecule has 2 aromatic carbocycles. The summed E-state index contributed by atoms with van der Waals surface area (Å²) in [7, 11) is 1.98. The lowest BCUT2D eigenvalue weighted by molar-refractivity contribution is 0.112. The monoisotopic (exact) mass is 381 g/mol. The molecule has 0 fully saturated rings. The summed E-state index contributed by atoms with van der Waals surface area (Å²) in [6.07, 6.45) is 0.887. The third-order valence-electron chi connectivity index (χ3n) is 2.86. The number of anilines is 1. The number of aldehydes is 1. The number of nitrogens with zero attached hydrogens (tertiary/aromatic N) is 1. The fourth-order valence-corrected chi connectivity index (χ4v) is 2.56. The van der Waals surface area contributed by atoms with Gasteiger partial charge in [-0.1, -0.05) is 44.0 Å². The first kappa shape index (κ1) is 14.3. The summed E-state index contributed by atoms with van der Waals surface area (Å²) in [5.41, 5.74) is 2.82. The van der Waals surface area contributed by atoms with Crippen LogP contribution in [0.3, 0.4) is 0 Å². The molecule has 19 heavy (non-hydrogen) atoms. The van der Waals surface area contributed by atoms with Crippen LogP contribution in [-0.4, -0.2) is 13.3 Å². The zero-order valence-corrected chi connectivity index (χ0v) is 13.6. The van der Waals surface area contributed by atoms with E-state index in [1.807, 2.05) is 37.4 Å². The van der Waals surface area contributed by atoms with Crippen molar-refractivity contribution in [1.29, 1.82) is 0 Å². The topological polar surface area (TPSA) is 20.3 Å². The van der Waals surface area contributed by atoms with E-state index in [2.05, 4.69) is 48.9 Å². The number of carbonyl (C=O) groups is 1. The van der Waals surface area contributed by atoms with Crippen molar-refractivity contribution in [3.05, 3.63) is 62.5 Å². The molecule has 2 aromatic rings. The second-order valence-electron chi connectivity index (χ2n) is 4.30. The molecule has 0 aliphatic heterocycles. The quantitative estimate of drug-likeness (QED) is 0.716. The van der Waals surface area contributed by atoms with E-state index in [4.69, 9.17) is 0 Å². The van der Waals surface area contributed by atoms with Gasteiger partial charge in [0.05, 0.1) is 0 Å². The van der Waals surface area contributed by atoms with E-state index in [9.17, 15) is 4.79 Å². The first-order valence-corrected chi connectivity index (χ1v) is 7.39. The predicted molar refractivity (Wildman–Crippen MR) is 85.8 cm³/mol. The maximum Gasteiger partial charge on any atom is 0.152 e. The van der Waals surface area contributed by atoms with Crippen LogP contribution in [-0.2, 0) is 6.54 Å². The second-order valence-corrected chi connectivity index (χ2v) is 6.13. The van der Waals surface area contributed by atoms with E-state index in [0.717, 1.165) is 27.5 Å². The maximum absolute atomic E-state index is 11.1. The molecule has 0 bridgehead atoms. The molecule has 98 valence electrons. The number of halogens is 2. The molecule has 0 spiro atoms. The Hall–Kier alpha value is -1.13. The SMILES string of the molecule is CN(Cc1ccc(Br)cc1)c1ccc(Br)cc1C=O. The van der Waals surface area contributed by atoms with Crippen molar-refractivity contribution in [1.82, 2.24) is 0 Å². The van der Waals surface area contributed by atoms with Crippen molar-refractivity contribution in [3.8, 4) is 0 Å². The molecule has 0 heterocycles. The number of rotatable bonds is 4. The van der Waals surface area contributed by atoms with Gasteiger partial charge in [0, 0.05) is 33.8 Å². The first-order valence-electron chi connectivity index (χ1n) is 5.80. The van der Waals surface area contributed by atoms with Gasteiger partial charge in [-0.15, -0.1) is 0 Å². The fraction of sp³-hybridized carbons (Fsp3) is 0.133. The van der Waals surface area contributed by atoms with Gasteiger partial charge in [0.1, 0.15) is 0 Å². The van der Waals surface area contributed by atoms with Crippen molar-refractivity contribution in [2.24, 2.45) is 0 Å². The van der Waals surface area contributed by atoms with Gasteiger partial charge in [-0.2, -0.15) is 0 Å². The summed E-state index contributed by atoms with van der Waals surface area (Å²) in [5, 5.41) is 0. The Morgan fingerprint density at radius 3 is 2.32 bits per heavy atom. The van der Waals surface area contributed by atoms with E-state index in [0.29, 0.717) is 5.56 Å². The molecule has 0 aliphatic carbocycles. The average Bonchev–Trinajstić information content (AvgIpc) is 2.41. The minimum atomic E-state index is 0.689. The number of benzene rings is 2. The normalized spacial score (nSPS) is 10.3. The number of carbonyl (C=O) groups excluding carboxylic acids is 1. The van der Waals surface area contributed by atoms with Crippen LogP contribution >= 0.6 is 31.9 Å². The van der Waals surface area contributed by atoms with E-state index < -0.39 is 0 Å². The Morgan fingerprint density at radius 1 is 1.05 bits per heavy atom. The van der Waals surface area contributed by atoms with Crippen LogP contribution in [0.5, 0.6) is 0 Å². The molecule has 0 amide bonds. The van der Waals surface area contributed by atoms with Gasteiger partial charge in [0.2, 0.25) is 0 Å². The van der Waals surface area contributed by atoms with Crippen LogP contribution in [0, 0.1) is 0 Å². The average molecular weight is 383 g/mol. The minimum absolute atomic E-state index is 0.689. The Morgan fingerprint density at radius 2 is 1.68 bits per heavy atom. The summed E-state index contributed by atoms with van der Waals surface area (Å²) in [4.78, 5) is 13.2. The molecule has 2 nitrogen and oxygen atoms in total. The summed E-state index contributed by atoms with van der Waals surface area (Å²) in [6.45, 7) is 0.760. The Balaban J connectivity index is 2.22. The van der Waals surface area contributed by atoms with Gasteiger partial charge in [0.15, 0.2) is 6.29 Å². The van der Waals surface area contributed by atoms with Crippen LogP contribution in [0.1, 0.15) is 15.9 Å². The molecule has 0 saturated carbocycles. The molecule has 0 aromatic heterocycles. The van der Waals surface area contributed by atoms with Crippen molar-refractivity contribution in [2.75, 3.05) is 11.9 Å². The molecule has 0 N–H and O–H groups in total. The molecule has 4 heteroatoms. The largest absolute Gasteiger partial charge is 0.370 e. The molecular weight excluding hydrogens is 370 g/mol. The standard InChI is InChI=1S/C15H13Br2NO/c1-18(9-11-2-4-13(16)5-3-11)15-7-6-14(17)8-12(15)10-19/h2-8,10H,9H2,1H3. The Bertz CT molecular complexity index is 581. The first-order chi connectivity index (χ1) is 9.10. The summed E-state index contributed by atoms with van der Waals surface area (Å²) in [6, 6.07) is 13.9. The van der Waals surface area contributed by atoms with Gasteiger partial charge in [-0.05, 0) is 35.9 Å². The van der Waals surface area contributed by atoms with Gasteiger partial charge >= 0.3 is 0 Å². The molecule has 2 rings (SSSR count). The van der Waals surface area contributed by atoms with Crippen molar-refractivity contribution >= 4 is 43.8 Å². The van der Waals surface area contributed by atoms with Crippen LogP contribution in [0.4, 0.5) is 5.69 Å². The van der Waals surface area contributed by atoms with Crippen molar-refractivity contribution in [3.63, 3.8) is 0 Å². The smallest absolute Gasteiger partial charge is 0.152 e. The van der Waals surface area contributed by atoms with Crippen LogP contribution in [0.2, 0.25) is 0 Å². The highest BCUT2D eigenvalue weighted by molar-refractivity contribution is 9.10. The summed E-state index contributed by atoms with van der Waals surface area (Å²) >= 11 is 6.80. The van der Waals surface area contributed by atoms with E-state index in [1.54, 1.807) is 0 Å². The maximum atomic E-state index is 11.1. The van der Waals surface area contributed by atoms with Gasteiger partial charge in [-0.3, -0.25) is 4.79 Å². The molecule has 0 atom stereocenters. The number of hydrogen-bond donors (Lipinski definition) is 0. The minimum Gasteiger partial charge on any atom is -0.370 e. The van der Waals surface area contributed by atoms with E-state index in [-0.39, 0.29) is 0 Å². The summed E-state index contributed by atoms with van der Waals surface area (Å²) < 4.78 is 1.98. The van der Waals surface area contributed by atoms with Crippen molar-refractivity contribution in [2.45, 2.75) is 6.54 Å². The lowest BCUT2D eigenvalue weighted by Crippen LogP contribution is -2.17. The van der Waals surface area contributed by atoms with Crippen LogP contribution in [0.25, 0.3) is 0 Å². The Kier molecular flexibility index (Phi) is 4.77. The zero-order valence-electron chi connectivity index (χ0n) is 10.4. The fourth-order valence-electron chi connectivity index (χ4n) is 1.92. The van der Waals surface area contributed by atoms with Gasteiger partial charge < -0.3 is 4.90 Å². The lowest BCUT2D eigenvalue weighted by atomic mass is 10.1. The third-order valence-corrected chi connectivity index (χ3v) is 3.88. The predicted octanol–water partition coefficient (Wildman–Crippen LogP) is 4.66. The van der Waals surface area contributed by atoms with Gasteiger partial charge in [-0.25, -0.2) is 0 Å².